The Morgan fingerprint density at radius 2 is 1.73 bits per heavy atom. The molecule has 0 aromatic heterocycles. The van der Waals surface area contributed by atoms with Crippen molar-refractivity contribution in [1.29, 1.82) is 0 Å². The minimum atomic E-state index is -0.0295. The largest absolute Gasteiger partial charge is 0.368 e. The van der Waals surface area contributed by atoms with Crippen molar-refractivity contribution < 1.29 is 9.59 Å². The number of amides is 2. The molecule has 1 saturated heterocycles. The fourth-order valence-electron chi connectivity index (χ4n) is 2.73. The maximum Gasteiger partial charge on any atom is 0.242 e. The first-order chi connectivity index (χ1) is 10.6. The lowest BCUT2D eigenvalue weighted by molar-refractivity contribution is -0.139. The Bertz CT molecular complexity index is 496. The summed E-state index contributed by atoms with van der Waals surface area (Å²) in [6, 6.07) is 10.3. The van der Waals surface area contributed by atoms with Crippen LogP contribution in [0.2, 0.25) is 0 Å². The third-order valence-electron chi connectivity index (χ3n) is 4.02. The van der Waals surface area contributed by atoms with Crippen LogP contribution in [-0.4, -0.2) is 60.9 Å². The molecule has 22 heavy (non-hydrogen) atoms. The Balaban J connectivity index is 1.85. The third kappa shape index (κ3) is 4.23. The van der Waals surface area contributed by atoms with Gasteiger partial charge in [-0.1, -0.05) is 25.1 Å². The number of anilines is 1. The molecule has 1 heterocycles. The van der Waals surface area contributed by atoms with Crippen LogP contribution in [0.3, 0.4) is 0 Å². The molecular weight excluding hydrogens is 278 g/mol. The third-order valence-corrected chi connectivity index (χ3v) is 4.02. The first-order valence-corrected chi connectivity index (χ1v) is 7.95. The summed E-state index contributed by atoms with van der Waals surface area (Å²) < 4.78 is 0. The lowest BCUT2D eigenvalue weighted by Crippen LogP contribution is -2.51. The SMILES string of the molecule is CCCN(CC(=O)N1CCN(c2ccccc2)CC1)C(C)=O. The van der Waals surface area contributed by atoms with E-state index in [9.17, 15) is 9.59 Å². The number of nitrogens with zero attached hydrogens (tertiary/aromatic N) is 3. The predicted molar refractivity (Wildman–Crippen MR) is 87.8 cm³/mol. The zero-order valence-electron chi connectivity index (χ0n) is 13.5. The van der Waals surface area contributed by atoms with Crippen LogP contribution >= 0.6 is 0 Å². The van der Waals surface area contributed by atoms with Crippen LogP contribution in [0.5, 0.6) is 0 Å². The highest BCUT2D eigenvalue weighted by Crippen LogP contribution is 2.15. The highest BCUT2D eigenvalue weighted by molar-refractivity contribution is 5.84. The first kappa shape index (κ1) is 16.3. The normalized spacial score (nSPS) is 14.8. The van der Waals surface area contributed by atoms with E-state index in [2.05, 4.69) is 17.0 Å². The fourth-order valence-corrected chi connectivity index (χ4v) is 2.73. The number of carbonyl (C=O) groups is 2. The van der Waals surface area contributed by atoms with Gasteiger partial charge in [0.05, 0.1) is 6.54 Å². The molecule has 5 nitrogen and oxygen atoms in total. The number of para-hydroxylation sites is 1. The molecule has 0 saturated carbocycles. The van der Waals surface area contributed by atoms with E-state index in [0.29, 0.717) is 19.6 Å². The number of piperazine rings is 1. The van der Waals surface area contributed by atoms with Gasteiger partial charge in [-0.3, -0.25) is 9.59 Å². The molecular formula is C17H25N3O2. The van der Waals surface area contributed by atoms with Crippen LogP contribution in [0.1, 0.15) is 20.3 Å². The van der Waals surface area contributed by atoms with Crippen LogP contribution in [-0.2, 0) is 9.59 Å². The summed E-state index contributed by atoms with van der Waals surface area (Å²) in [5.41, 5.74) is 1.20. The summed E-state index contributed by atoms with van der Waals surface area (Å²) in [6.07, 6.45) is 0.870. The molecule has 0 spiro atoms. The summed E-state index contributed by atoms with van der Waals surface area (Å²) in [5.74, 6) is 0.0227. The van der Waals surface area contributed by atoms with E-state index in [0.717, 1.165) is 19.5 Å². The van der Waals surface area contributed by atoms with Gasteiger partial charge < -0.3 is 14.7 Å². The Morgan fingerprint density at radius 3 is 2.27 bits per heavy atom. The van der Waals surface area contributed by atoms with E-state index in [4.69, 9.17) is 0 Å². The van der Waals surface area contributed by atoms with Gasteiger partial charge in [-0.2, -0.15) is 0 Å². The van der Waals surface area contributed by atoms with Crippen LogP contribution in [0.25, 0.3) is 0 Å². The maximum absolute atomic E-state index is 12.3. The Morgan fingerprint density at radius 1 is 1.09 bits per heavy atom. The van der Waals surface area contributed by atoms with Crippen molar-refractivity contribution in [2.24, 2.45) is 0 Å². The zero-order valence-corrected chi connectivity index (χ0v) is 13.5. The standard InChI is InChI=1S/C17H25N3O2/c1-3-9-20(15(2)21)14-17(22)19-12-10-18(11-13-19)16-7-5-4-6-8-16/h4-8H,3,9-14H2,1-2H3. The summed E-state index contributed by atoms with van der Waals surface area (Å²) in [6.45, 7) is 7.49. The van der Waals surface area contributed by atoms with E-state index in [-0.39, 0.29) is 18.4 Å². The summed E-state index contributed by atoms with van der Waals surface area (Å²) >= 11 is 0. The molecule has 1 aromatic carbocycles. The Kier molecular flexibility index (Phi) is 5.81. The molecule has 1 aliphatic heterocycles. The lowest BCUT2D eigenvalue weighted by atomic mass is 10.2. The van der Waals surface area contributed by atoms with Gasteiger partial charge in [0.2, 0.25) is 11.8 Å². The van der Waals surface area contributed by atoms with E-state index in [1.807, 2.05) is 30.0 Å². The number of hydrogen-bond acceptors (Lipinski definition) is 3. The average molecular weight is 303 g/mol. The van der Waals surface area contributed by atoms with Crippen LogP contribution in [0, 0.1) is 0 Å². The molecule has 1 fully saturated rings. The highest BCUT2D eigenvalue weighted by Gasteiger charge is 2.23. The van der Waals surface area contributed by atoms with Crippen molar-refractivity contribution in [3.8, 4) is 0 Å². The van der Waals surface area contributed by atoms with E-state index in [1.54, 1.807) is 4.90 Å². The second-order valence-electron chi connectivity index (χ2n) is 5.64. The molecule has 0 N–H and O–H groups in total. The zero-order chi connectivity index (χ0) is 15.9. The topological polar surface area (TPSA) is 43.9 Å². The molecule has 2 amide bonds. The second kappa shape index (κ2) is 7.82. The maximum atomic E-state index is 12.3. The van der Waals surface area contributed by atoms with Crippen molar-refractivity contribution >= 4 is 17.5 Å². The lowest BCUT2D eigenvalue weighted by Gasteiger charge is -2.37. The van der Waals surface area contributed by atoms with Crippen molar-refractivity contribution in [3.63, 3.8) is 0 Å². The molecule has 5 heteroatoms. The van der Waals surface area contributed by atoms with Crippen molar-refractivity contribution in [3.05, 3.63) is 30.3 Å². The summed E-state index contributed by atoms with van der Waals surface area (Å²) in [7, 11) is 0. The average Bonchev–Trinajstić information content (AvgIpc) is 2.55. The van der Waals surface area contributed by atoms with E-state index >= 15 is 0 Å². The molecule has 0 radical (unpaired) electrons. The monoisotopic (exact) mass is 303 g/mol. The van der Waals surface area contributed by atoms with Crippen molar-refractivity contribution in [2.45, 2.75) is 20.3 Å². The highest BCUT2D eigenvalue weighted by atomic mass is 16.2. The van der Waals surface area contributed by atoms with Gasteiger partial charge in [-0.25, -0.2) is 0 Å². The predicted octanol–water partition coefficient (Wildman–Crippen LogP) is 1.59. The van der Waals surface area contributed by atoms with Gasteiger partial charge in [0.1, 0.15) is 0 Å². The Hall–Kier alpha value is -2.04. The fraction of sp³-hybridized carbons (Fsp3) is 0.529. The minimum absolute atomic E-state index is 0.0295. The molecule has 0 atom stereocenters. The number of benzene rings is 1. The van der Waals surface area contributed by atoms with E-state index in [1.165, 1.54) is 12.6 Å². The van der Waals surface area contributed by atoms with Gasteiger partial charge in [0.15, 0.2) is 0 Å². The van der Waals surface area contributed by atoms with Gasteiger partial charge in [-0.15, -0.1) is 0 Å². The first-order valence-electron chi connectivity index (χ1n) is 7.95. The number of carbonyl (C=O) groups excluding carboxylic acids is 2. The summed E-state index contributed by atoms with van der Waals surface area (Å²) in [4.78, 5) is 29.7. The van der Waals surface area contributed by atoms with Gasteiger partial charge >= 0.3 is 0 Å². The molecule has 1 aromatic rings. The van der Waals surface area contributed by atoms with Gasteiger partial charge in [-0.05, 0) is 18.6 Å². The molecule has 120 valence electrons. The molecule has 0 aliphatic carbocycles. The summed E-state index contributed by atoms with van der Waals surface area (Å²) in [5, 5.41) is 0. The minimum Gasteiger partial charge on any atom is -0.368 e. The molecule has 1 aliphatic rings. The number of hydrogen-bond donors (Lipinski definition) is 0. The van der Waals surface area contributed by atoms with Gasteiger partial charge in [0.25, 0.3) is 0 Å². The quantitative estimate of drug-likeness (QED) is 0.830. The van der Waals surface area contributed by atoms with Crippen LogP contribution < -0.4 is 4.90 Å². The Labute approximate surface area is 132 Å². The molecule has 0 bridgehead atoms. The van der Waals surface area contributed by atoms with Gasteiger partial charge in [0, 0.05) is 45.3 Å². The van der Waals surface area contributed by atoms with Crippen molar-refractivity contribution in [1.82, 2.24) is 9.80 Å². The van der Waals surface area contributed by atoms with E-state index < -0.39 is 0 Å². The molecule has 2 rings (SSSR count). The molecule has 0 unspecified atom stereocenters. The van der Waals surface area contributed by atoms with Crippen LogP contribution in [0.4, 0.5) is 5.69 Å². The second-order valence-corrected chi connectivity index (χ2v) is 5.64. The van der Waals surface area contributed by atoms with Crippen LogP contribution in [0.15, 0.2) is 30.3 Å². The smallest absolute Gasteiger partial charge is 0.242 e. The number of rotatable bonds is 5. The van der Waals surface area contributed by atoms with Crippen molar-refractivity contribution in [2.75, 3.05) is 44.2 Å².